The largest absolute Gasteiger partial charge is 0.487 e. The molecule has 0 saturated heterocycles. The van der Waals surface area contributed by atoms with Crippen LogP contribution in [0.3, 0.4) is 0 Å². The highest BCUT2D eigenvalue weighted by atomic mass is 32.2. The van der Waals surface area contributed by atoms with Crippen LogP contribution < -0.4 is 4.72 Å². The van der Waals surface area contributed by atoms with Gasteiger partial charge in [0.15, 0.2) is 5.76 Å². The van der Waals surface area contributed by atoms with Crippen molar-refractivity contribution in [2.24, 2.45) is 0 Å². The topological polar surface area (TPSA) is 88.1 Å². The van der Waals surface area contributed by atoms with Gasteiger partial charge in [0.25, 0.3) is 0 Å². The Morgan fingerprint density at radius 3 is 2.40 bits per heavy atom. The molecule has 2 aliphatic heterocycles. The second kappa shape index (κ2) is 8.61. The zero-order valence-electron chi connectivity index (χ0n) is 16.6. The van der Waals surface area contributed by atoms with Gasteiger partial charge in [-0.15, -0.1) is 0 Å². The molecule has 1 atom stereocenters. The number of nitrogens with one attached hydrogen (secondary N) is 1. The zero-order chi connectivity index (χ0) is 21.1. The van der Waals surface area contributed by atoms with Crippen molar-refractivity contribution in [2.45, 2.75) is 30.7 Å². The van der Waals surface area contributed by atoms with Crippen LogP contribution in [0.25, 0.3) is 0 Å². The van der Waals surface area contributed by atoms with Gasteiger partial charge in [-0.2, -0.15) is 0 Å². The minimum atomic E-state index is -3.47. The Balaban J connectivity index is 1.30. The maximum absolute atomic E-state index is 11.8. The van der Waals surface area contributed by atoms with Crippen LogP contribution in [0.5, 0.6) is 0 Å². The summed E-state index contributed by atoms with van der Waals surface area (Å²) in [5, 5.41) is 10.4. The first-order chi connectivity index (χ1) is 14.4. The number of hydrogen-bond donors (Lipinski definition) is 2. The smallest absolute Gasteiger partial charge is 0.240 e. The van der Waals surface area contributed by atoms with Crippen molar-refractivity contribution < 1.29 is 23.0 Å². The van der Waals surface area contributed by atoms with Crippen LogP contribution in [0.4, 0.5) is 0 Å². The van der Waals surface area contributed by atoms with Gasteiger partial charge in [-0.3, -0.25) is 4.90 Å². The van der Waals surface area contributed by atoms with E-state index in [2.05, 4.69) is 21.8 Å². The summed E-state index contributed by atoms with van der Waals surface area (Å²) in [6.07, 6.45) is 2.20. The van der Waals surface area contributed by atoms with Crippen LogP contribution in [-0.4, -0.2) is 38.1 Å². The Bertz CT molecular complexity index is 1050. The van der Waals surface area contributed by atoms with E-state index in [9.17, 15) is 13.5 Å². The van der Waals surface area contributed by atoms with E-state index in [0.717, 1.165) is 18.7 Å². The van der Waals surface area contributed by atoms with Crippen LogP contribution in [0, 0.1) is 0 Å². The van der Waals surface area contributed by atoms with Gasteiger partial charge in [-0.25, -0.2) is 13.1 Å². The number of ether oxygens (including phenoxy) is 2. The zero-order valence-corrected chi connectivity index (χ0v) is 17.4. The predicted octanol–water partition coefficient (Wildman–Crippen LogP) is 2.24. The quantitative estimate of drug-likeness (QED) is 0.703. The van der Waals surface area contributed by atoms with Crippen molar-refractivity contribution in [1.82, 2.24) is 9.62 Å². The minimum absolute atomic E-state index is 0.186. The lowest BCUT2D eigenvalue weighted by Gasteiger charge is -2.23. The summed E-state index contributed by atoms with van der Waals surface area (Å²) < 4.78 is 37.1. The van der Waals surface area contributed by atoms with Gasteiger partial charge in [-0.05, 0) is 41.9 Å². The number of rotatable bonds is 7. The number of aliphatic hydroxyl groups excluding tert-OH is 1. The molecule has 2 heterocycles. The molecular weight excluding hydrogens is 404 g/mol. The lowest BCUT2D eigenvalue weighted by Crippen LogP contribution is -2.24. The van der Waals surface area contributed by atoms with Crippen molar-refractivity contribution in [3.63, 3.8) is 0 Å². The molecule has 2 aromatic rings. The summed E-state index contributed by atoms with van der Waals surface area (Å²) in [5.74, 6) is 1.000. The molecule has 0 bridgehead atoms. The van der Waals surface area contributed by atoms with E-state index in [4.69, 9.17) is 9.47 Å². The molecule has 0 amide bonds. The average Bonchev–Trinajstić information content (AvgIpc) is 3.16. The van der Waals surface area contributed by atoms with E-state index >= 15 is 0 Å². The van der Waals surface area contributed by atoms with Crippen molar-refractivity contribution in [1.29, 1.82) is 0 Å². The first-order valence-electron chi connectivity index (χ1n) is 9.64. The van der Waals surface area contributed by atoms with Crippen molar-refractivity contribution in [3.8, 4) is 0 Å². The van der Waals surface area contributed by atoms with Crippen molar-refractivity contribution >= 4 is 10.0 Å². The third-order valence-corrected chi connectivity index (χ3v) is 6.59. The highest BCUT2D eigenvalue weighted by Gasteiger charge is 2.23. The molecule has 8 heteroatoms. The summed E-state index contributed by atoms with van der Waals surface area (Å²) in [7, 11) is -2.10. The normalized spacial score (nSPS) is 18.9. The Morgan fingerprint density at radius 1 is 1.13 bits per heavy atom. The number of hydrogen-bond acceptors (Lipinski definition) is 6. The van der Waals surface area contributed by atoms with Gasteiger partial charge in [0.2, 0.25) is 10.0 Å². The van der Waals surface area contributed by atoms with Crippen LogP contribution in [0.1, 0.15) is 16.7 Å². The summed E-state index contributed by atoms with van der Waals surface area (Å²) in [5.41, 5.74) is 3.42. The number of fused-ring (bicyclic) bond motifs is 1. The molecule has 7 nitrogen and oxygen atoms in total. The van der Waals surface area contributed by atoms with E-state index in [1.54, 1.807) is 18.2 Å². The number of nitrogens with zero attached hydrogens (tertiary/aromatic N) is 1. The Morgan fingerprint density at radius 2 is 1.80 bits per heavy atom. The molecule has 1 unspecified atom stereocenters. The lowest BCUT2D eigenvalue weighted by molar-refractivity contribution is 0.0920. The van der Waals surface area contributed by atoms with Crippen LogP contribution in [0.15, 0.2) is 77.3 Å². The van der Waals surface area contributed by atoms with Gasteiger partial charge in [0.05, 0.1) is 11.4 Å². The summed E-state index contributed by atoms with van der Waals surface area (Å²) in [6, 6.07) is 14.7. The van der Waals surface area contributed by atoms with Crippen molar-refractivity contribution in [2.75, 3.05) is 13.6 Å². The third kappa shape index (κ3) is 4.57. The van der Waals surface area contributed by atoms with Crippen LogP contribution in [0.2, 0.25) is 0 Å². The highest BCUT2D eigenvalue weighted by molar-refractivity contribution is 7.89. The Kier molecular flexibility index (Phi) is 5.92. The SMILES string of the molecule is CNS(=O)(=O)c1ccc(COC2=COC(CN3Cc4ccccc4C3)=CC2O)cc1. The summed E-state index contributed by atoms with van der Waals surface area (Å²) in [6.45, 7) is 2.52. The molecule has 158 valence electrons. The number of benzene rings is 2. The fourth-order valence-corrected chi connectivity index (χ4v) is 4.23. The molecule has 4 rings (SSSR count). The standard InChI is InChI=1S/C22H24N2O5S/c1-23-30(26,27)20-8-6-16(7-9-20)14-29-22-15-28-19(10-21(22)25)13-24-11-17-4-2-3-5-18(17)12-24/h2-10,15,21,23,25H,11-14H2,1H3. The minimum Gasteiger partial charge on any atom is -0.487 e. The number of sulfonamides is 1. The fraction of sp³-hybridized carbons (Fsp3) is 0.273. The predicted molar refractivity (Wildman–Crippen MR) is 111 cm³/mol. The second-order valence-electron chi connectivity index (χ2n) is 7.27. The number of aliphatic hydroxyl groups is 1. The maximum atomic E-state index is 11.8. The van der Waals surface area contributed by atoms with Gasteiger partial charge in [0.1, 0.15) is 24.7 Å². The Labute approximate surface area is 176 Å². The monoisotopic (exact) mass is 428 g/mol. The molecule has 30 heavy (non-hydrogen) atoms. The molecule has 2 aromatic carbocycles. The first kappa shape index (κ1) is 20.6. The van der Waals surface area contributed by atoms with E-state index in [-0.39, 0.29) is 11.5 Å². The average molecular weight is 429 g/mol. The molecule has 0 saturated carbocycles. The Hall–Kier alpha value is -2.65. The van der Waals surface area contributed by atoms with E-state index in [1.165, 1.54) is 36.6 Å². The molecule has 0 radical (unpaired) electrons. The molecule has 0 spiro atoms. The first-order valence-corrected chi connectivity index (χ1v) is 11.1. The third-order valence-electron chi connectivity index (χ3n) is 5.16. The van der Waals surface area contributed by atoms with E-state index in [1.807, 2.05) is 12.1 Å². The molecule has 0 aromatic heterocycles. The highest BCUT2D eigenvalue weighted by Crippen LogP contribution is 2.25. The van der Waals surface area contributed by atoms with Crippen LogP contribution in [-0.2, 0) is 39.2 Å². The molecule has 0 aliphatic carbocycles. The van der Waals surface area contributed by atoms with Crippen molar-refractivity contribution in [3.05, 3.63) is 89.1 Å². The van der Waals surface area contributed by atoms with Gasteiger partial charge >= 0.3 is 0 Å². The van der Waals surface area contributed by atoms with Gasteiger partial charge < -0.3 is 14.6 Å². The molecule has 2 aliphatic rings. The lowest BCUT2D eigenvalue weighted by atomic mass is 10.1. The van der Waals surface area contributed by atoms with Gasteiger partial charge in [-0.1, -0.05) is 36.4 Å². The van der Waals surface area contributed by atoms with Crippen LogP contribution >= 0.6 is 0 Å². The molecule has 0 fully saturated rings. The summed E-state index contributed by atoms with van der Waals surface area (Å²) in [4.78, 5) is 2.44. The molecular formula is C22H24N2O5S. The van der Waals surface area contributed by atoms with E-state index < -0.39 is 16.1 Å². The summed E-state index contributed by atoms with van der Waals surface area (Å²) >= 11 is 0. The van der Waals surface area contributed by atoms with Gasteiger partial charge in [0, 0.05) is 13.1 Å². The van der Waals surface area contributed by atoms with E-state index in [0.29, 0.717) is 18.1 Å². The second-order valence-corrected chi connectivity index (χ2v) is 9.16. The fourth-order valence-electron chi connectivity index (χ4n) is 3.50. The maximum Gasteiger partial charge on any atom is 0.240 e. The molecule has 2 N–H and O–H groups in total.